The van der Waals surface area contributed by atoms with Crippen LogP contribution in [0.1, 0.15) is 24.9 Å². The van der Waals surface area contributed by atoms with Crippen LogP contribution in [0.15, 0.2) is 24.5 Å². The molecule has 0 saturated carbocycles. The molecular weight excluding hydrogens is 202 g/mol. The standard InChI is InChI=1S/C12H19N3O/c1-4-11(10-5-7-14-8-6-10)15(3)12(16)9-13-2/h5-8,11,13H,4,9H2,1-3H3. The summed E-state index contributed by atoms with van der Waals surface area (Å²) in [7, 11) is 3.62. The summed E-state index contributed by atoms with van der Waals surface area (Å²) in [5.41, 5.74) is 1.13. The Morgan fingerprint density at radius 2 is 2.12 bits per heavy atom. The lowest BCUT2D eigenvalue weighted by Crippen LogP contribution is -2.36. The maximum Gasteiger partial charge on any atom is 0.236 e. The molecule has 1 unspecified atom stereocenters. The monoisotopic (exact) mass is 221 g/mol. The molecule has 1 aromatic rings. The Morgan fingerprint density at radius 3 is 2.62 bits per heavy atom. The van der Waals surface area contributed by atoms with Gasteiger partial charge in [-0.2, -0.15) is 0 Å². The van der Waals surface area contributed by atoms with E-state index in [1.54, 1.807) is 24.3 Å². The maximum absolute atomic E-state index is 11.8. The first-order chi connectivity index (χ1) is 7.70. The van der Waals surface area contributed by atoms with E-state index in [4.69, 9.17) is 0 Å². The predicted molar refractivity (Wildman–Crippen MR) is 64.0 cm³/mol. The SMILES string of the molecule is CCC(c1ccncc1)N(C)C(=O)CNC. The molecule has 0 aliphatic heterocycles. The van der Waals surface area contributed by atoms with Crippen LogP contribution in [-0.4, -0.2) is 36.4 Å². The van der Waals surface area contributed by atoms with Crippen molar-refractivity contribution in [3.63, 3.8) is 0 Å². The molecule has 4 nitrogen and oxygen atoms in total. The zero-order valence-corrected chi connectivity index (χ0v) is 10.1. The van der Waals surface area contributed by atoms with E-state index < -0.39 is 0 Å². The smallest absolute Gasteiger partial charge is 0.236 e. The highest BCUT2D eigenvalue weighted by molar-refractivity contribution is 5.78. The topological polar surface area (TPSA) is 45.2 Å². The first-order valence-corrected chi connectivity index (χ1v) is 5.50. The van der Waals surface area contributed by atoms with E-state index in [1.165, 1.54) is 0 Å². The molecule has 1 rings (SSSR count). The summed E-state index contributed by atoms with van der Waals surface area (Å²) >= 11 is 0. The Labute approximate surface area is 96.7 Å². The average Bonchev–Trinajstić information content (AvgIpc) is 2.31. The highest BCUT2D eigenvalue weighted by Gasteiger charge is 2.18. The van der Waals surface area contributed by atoms with Crippen molar-refractivity contribution in [1.29, 1.82) is 0 Å². The third kappa shape index (κ3) is 3.03. The number of aromatic nitrogens is 1. The van der Waals surface area contributed by atoms with Crippen LogP contribution in [0.3, 0.4) is 0 Å². The fourth-order valence-corrected chi connectivity index (χ4v) is 1.77. The van der Waals surface area contributed by atoms with Gasteiger partial charge in [-0.05, 0) is 31.2 Å². The summed E-state index contributed by atoms with van der Waals surface area (Å²) in [6, 6.07) is 4.04. The second-order valence-electron chi connectivity index (χ2n) is 3.74. The van der Waals surface area contributed by atoms with Crippen molar-refractivity contribution in [2.24, 2.45) is 0 Å². The average molecular weight is 221 g/mol. The predicted octanol–water partition coefficient (Wildman–Crippen LogP) is 1.21. The van der Waals surface area contributed by atoms with E-state index in [2.05, 4.69) is 17.2 Å². The highest BCUT2D eigenvalue weighted by Crippen LogP contribution is 2.21. The maximum atomic E-state index is 11.8. The van der Waals surface area contributed by atoms with E-state index in [0.29, 0.717) is 6.54 Å². The van der Waals surface area contributed by atoms with Gasteiger partial charge in [0.25, 0.3) is 0 Å². The fraction of sp³-hybridized carbons (Fsp3) is 0.500. The molecule has 0 bridgehead atoms. The lowest BCUT2D eigenvalue weighted by molar-refractivity contribution is -0.131. The molecule has 0 aliphatic rings. The van der Waals surface area contributed by atoms with Gasteiger partial charge in [0.2, 0.25) is 5.91 Å². The number of rotatable bonds is 5. The summed E-state index contributed by atoms with van der Waals surface area (Å²) in [6.07, 6.45) is 4.42. The van der Waals surface area contributed by atoms with Gasteiger partial charge in [0.15, 0.2) is 0 Å². The Morgan fingerprint density at radius 1 is 1.50 bits per heavy atom. The number of carbonyl (C=O) groups is 1. The first kappa shape index (κ1) is 12.6. The fourth-order valence-electron chi connectivity index (χ4n) is 1.77. The van der Waals surface area contributed by atoms with Crippen LogP contribution in [0.4, 0.5) is 0 Å². The second kappa shape index (κ2) is 6.23. The van der Waals surface area contributed by atoms with Crippen LogP contribution in [0, 0.1) is 0 Å². The molecule has 0 fully saturated rings. The van der Waals surface area contributed by atoms with Crippen LogP contribution in [-0.2, 0) is 4.79 Å². The Kier molecular flexibility index (Phi) is 4.92. The van der Waals surface area contributed by atoms with Crippen molar-refractivity contribution in [3.05, 3.63) is 30.1 Å². The number of amides is 1. The minimum Gasteiger partial charge on any atom is -0.338 e. The van der Waals surface area contributed by atoms with Gasteiger partial charge in [0, 0.05) is 19.4 Å². The molecule has 0 radical (unpaired) electrons. The molecule has 0 spiro atoms. The van der Waals surface area contributed by atoms with Gasteiger partial charge in [-0.3, -0.25) is 9.78 Å². The van der Waals surface area contributed by atoms with Crippen LogP contribution >= 0.6 is 0 Å². The molecule has 0 saturated heterocycles. The lowest BCUT2D eigenvalue weighted by atomic mass is 10.0. The van der Waals surface area contributed by atoms with Gasteiger partial charge in [0.1, 0.15) is 0 Å². The minimum atomic E-state index is 0.103. The van der Waals surface area contributed by atoms with Crippen LogP contribution in [0.25, 0.3) is 0 Å². The molecule has 88 valence electrons. The summed E-state index contributed by atoms with van der Waals surface area (Å²) in [5, 5.41) is 2.88. The van der Waals surface area contributed by atoms with Crippen LogP contribution in [0.5, 0.6) is 0 Å². The molecule has 0 aliphatic carbocycles. The molecule has 1 amide bonds. The number of pyridine rings is 1. The molecule has 1 heterocycles. The first-order valence-electron chi connectivity index (χ1n) is 5.50. The molecule has 16 heavy (non-hydrogen) atoms. The number of likely N-dealkylation sites (N-methyl/N-ethyl adjacent to an activating group) is 2. The third-order valence-electron chi connectivity index (χ3n) is 2.67. The molecule has 0 aromatic carbocycles. The van der Waals surface area contributed by atoms with Gasteiger partial charge in [-0.1, -0.05) is 6.92 Å². The van der Waals surface area contributed by atoms with Crippen molar-refractivity contribution < 1.29 is 4.79 Å². The number of nitrogens with zero attached hydrogens (tertiary/aromatic N) is 2. The summed E-state index contributed by atoms with van der Waals surface area (Å²) in [5.74, 6) is 0.103. The van der Waals surface area contributed by atoms with E-state index in [-0.39, 0.29) is 11.9 Å². The zero-order chi connectivity index (χ0) is 12.0. The highest BCUT2D eigenvalue weighted by atomic mass is 16.2. The van der Waals surface area contributed by atoms with Crippen molar-refractivity contribution in [1.82, 2.24) is 15.2 Å². The van der Waals surface area contributed by atoms with Crippen molar-refractivity contribution in [2.75, 3.05) is 20.6 Å². The van der Waals surface area contributed by atoms with Crippen molar-refractivity contribution in [2.45, 2.75) is 19.4 Å². The molecule has 1 atom stereocenters. The van der Waals surface area contributed by atoms with E-state index in [9.17, 15) is 4.79 Å². The van der Waals surface area contributed by atoms with E-state index in [0.717, 1.165) is 12.0 Å². The summed E-state index contributed by atoms with van der Waals surface area (Å²) in [4.78, 5) is 17.5. The molecule has 1 N–H and O–H groups in total. The summed E-state index contributed by atoms with van der Waals surface area (Å²) < 4.78 is 0. The van der Waals surface area contributed by atoms with Gasteiger partial charge in [0.05, 0.1) is 12.6 Å². The second-order valence-corrected chi connectivity index (χ2v) is 3.74. The van der Waals surface area contributed by atoms with E-state index >= 15 is 0 Å². The Bertz CT molecular complexity index is 326. The van der Waals surface area contributed by atoms with Crippen LogP contribution < -0.4 is 5.32 Å². The third-order valence-corrected chi connectivity index (χ3v) is 2.67. The molecular formula is C12H19N3O. The quantitative estimate of drug-likeness (QED) is 0.813. The van der Waals surface area contributed by atoms with E-state index in [1.807, 2.05) is 19.2 Å². The van der Waals surface area contributed by atoms with Gasteiger partial charge < -0.3 is 10.2 Å². The number of hydrogen-bond acceptors (Lipinski definition) is 3. The molecule has 4 heteroatoms. The van der Waals surface area contributed by atoms with Crippen molar-refractivity contribution in [3.8, 4) is 0 Å². The minimum absolute atomic E-state index is 0.103. The largest absolute Gasteiger partial charge is 0.338 e. The Hall–Kier alpha value is -1.42. The number of hydrogen-bond donors (Lipinski definition) is 1. The number of nitrogens with one attached hydrogen (secondary N) is 1. The molecule has 1 aromatic heterocycles. The number of carbonyl (C=O) groups excluding carboxylic acids is 1. The van der Waals surface area contributed by atoms with Crippen molar-refractivity contribution >= 4 is 5.91 Å². The Balaban J connectivity index is 2.78. The van der Waals surface area contributed by atoms with Gasteiger partial charge >= 0.3 is 0 Å². The summed E-state index contributed by atoms with van der Waals surface area (Å²) in [6.45, 7) is 2.45. The lowest BCUT2D eigenvalue weighted by Gasteiger charge is -2.27. The van der Waals surface area contributed by atoms with Gasteiger partial charge in [-0.15, -0.1) is 0 Å². The van der Waals surface area contributed by atoms with Gasteiger partial charge in [-0.25, -0.2) is 0 Å². The van der Waals surface area contributed by atoms with Crippen LogP contribution in [0.2, 0.25) is 0 Å². The normalized spacial score (nSPS) is 12.2. The zero-order valence-electron chi connectivity index (χ0n) is 10.1.